The number of rotatable bonds is 7. The van der Waals surface area contributed by atoms with Gasteiger partial charge in [-0.05, 0) is 36.1 Å². The molecule has 0 bridgehead atoms. The first-order valence-corrected chi connectivity index (χ1v) is 7.70. The van der Waals surface area contributed by atoms with Gasteiger partial charge in [-0.2, -0.15) is 0 Å². The quantitative estimate of drug-likeness (QED) is 0.255. The molecule has 1 aromatic rings. The zero-order chi connectivity index (χ0) is 13.5. The molecule has 1 heterocycles. The van der Waals surface area contributed by atoms with E-state index < -0.39 is 0 Å². The summed E-state index contributed by atoms with van der Waals surface area (Å²) in [5.74, 6) is 5.83. The van der Waals surface area contributed by atoms with Gasteiger partial charge in [-0.3, -0.25) is 10.2 Å². The fraction of sp³-hybridized carbons (Fsp3) is 0.818. The number of carbonyl (C=O) groups excluding carboxylic acids is 1. The van der Waals surface area contributed by atoms with Crippen LogP contribution in [-0.2, 0) is 4.79 Å². The first-order chi connectivity index (χ1) is 9.31. The topological polar surface area (TPSA) is 98.7 Å². The lowest BCUT2D eigenvalue weighted by Gasteiger charge is -2.10. The third-order valence-electron chi connectivity index (χ3n) is 3.32. The van der Waals surface area contributed by atoms with Crippen molar-refractivity contribution in [3.8, 4) is 0 Å². The largest absolute Gasteiger partial charge is 0.294 e. The standard InChI is InChI=1S/C11H20N6OS/c12-13-10(18)7-3-4-8-19-11-14-15-16-17(11)9-5-1-2-6-9/h9H,1-8,12H2,(H,13,18). The number of nitrogens with two attached hydrogens (primary N) is 1. The van der Waals surface area contributed by atoms with Crippen LogP contribution in [0.1, 0.15) is 51.0 Å². The second-order valence-corrected chi connectivity index (χ2v) is 5.78. The predicted molar refractivity (Wildman–Crippen MR) is 72.2 cm³/mol. The highest BCUT2D eigenvalue weighted by Gasteiger charge is 2.21. The molecule has 0 spiro atoms. The number of hydrogen-bond acceptors (Lipinski definition) is 6. The van der Waals surface area contributed by atoms with Crippen molar-refractivity contribution in [2.75, 3.05) is 5.75 Å². The van der Waals surface area contributed by atoms with Crippen LogP contribution >= 0.6 is 11.8 Å². The molecule has 0 aromatic carbocycles. The molecule has 7 nitrogen and oxygen atoms in total. The van der Waals surface area contributed by atoms with E-state index in [1.807, 2.05) is 4.68 Å². The van der Waals surface area contributed by atoms with E-state index in [2.05, 4.69) is 21.0 Å². The number of hydrazine groups is 1. The summed E-state index contributed by atoms with van der Waals surface area (Å²) in [7, 11) is 0. The van der Waals surface area contributed by atoms with Crippen LogP contribution in [0.3, 0.4) is 0 Å². The summed E-state index contributed by atoms with van der Waals surface area (Å²) in [6, 6.07) is 0.473. The highest BCUT2D eigenvalue weighted by Crippen LogP contribution is 2.31. The van der Waals surface area contributed by atoms with Crippen molar-refractivity contribution in [2.45, 2.75) is 56.1 Å². The molecular formula is C11H20N6OS. The summed E-state index contributed by atoms with van der Waals surface area (Å²) in [5.41, 5.74) is 2.13. The van der Waals surface area contributed by atoms with Gasteiger partial charge >= 0.3 is 0 Å². The molecule has 1 aromatic heterocycles. The third-order valence-corrected chi connectivity index (χ3v) is 4.34. The van der Waals surface area contributed by atoms with Crippen LogP contribution in [0.15, 0.2) is 5.16 Å². The second kappa shape index (κ2) is 7.44. The van der Waals surface area contributed by atoms with Crippen LogP contribution in [0.2, 0.25) is 0 Å². The minimum atomic E-state index is -0.110. The number of hydrogen-bond donors (Lipinski definition) is 2. The zero-order valence-electron chi connectivity index (χ0n) is 10.9. The molecule has 1 aliphatic carbocycles. The van der Waals surface area contributed by atoms with Gasteiger partial charge in [0.15, 0.2) is 0 Å². The molecule has 106 valence electrons. The number of nitrogens with one attached hydrogen (secondary N) is 1. The van der Waals surface area contributed by atoms with E-state index in [-0.39, 0.29) is 5.91 Å². The molecule has 0 saturated heterocycles. The SMILES string of the molecule is NNC(=O)CCCCSc1nnnn1C1CCCC1. The molecule has 0 aliphatic heterocycles. The maximum atomic E-state index is 11.0. The predicted octanol–water partition coefficient (Wildman–Crippen LogP) is 1.04. The number of thioether (sulfide) groups is 1. The Morgan fingerprint density at radius 1 is 1.42 bits per heavy atom. The molecule has 1 fully saturated rings. The number of amides is 1. The maximum Gasteiger partial charge on any atom is 0.233 e. The summed E-state index contributed by atoms with van der Waals surface area (Å²) in [4.78, 5) is 11.0. The average Bonchev–Trinajstić information content (AvgIpc) is 3.08. The Bertz CT molecular complexity index is 404. The summed E-state index contributed by atoms with van der Waals surface area (Å²) in [6.45, 7) is 0. The van der Waals surface area contributed by atoms with Crippen molar-refractivity contribution in [1.29, 1.82) is 0 Å². The lowest BCUT2D eigenvalue weighted by molar-refractivity contribution is -0.121. The van der Waals surface area contributed by atoms with Gasteiger partial charge in [0.2, 0.25) is 11.1 Å². The molecule has 1 amide bonds. The van der Waals surface area contributed by atoms with Crippen molar-refractivity contribution in [3.63, 3.8) is 0 Å². The van der Waals surface area contributed by atoms with E-state index >= 15 is 0 Å². The normalized spacial score (nSPS) is 15.8. The smallest absolute Gasteiger partial charge is 0.233 e. The van der Waals surface area contributed by atoms with Gasteiger partial charge < -0.3 is 0 Å². The van der Waals surface area contributed by atoms with E-state index in [9.17, 15) is 4.79 Å². The van der Waals surface area contributed by atoms with Gasteiger partial charge in [-0.1, -0.05) is 24.6 Å². The Labute approximate surface area is 116 Å². The summed E-state index contributed by atoms with van der Waals surface area (Å²) in [6.07, 6.45) is 7.15. The fourth-order valence-corrected chi connectivity index (χ4v) is 3.22. The van der Waals surface area contributed by atoms with Crippen LogP contribution in [0, 0.1) is 0 Å². The highest BCUT2D eigenvalue weighted by molar-refractivity contribution is 7.99. The third kappa shape index (κ3) is 4.17. The molecule has 2 rings (SSSR count). The number of nitrogens with zero attached hydrogens (tertiary/aromatic N) is 4. The van der Waals surface area contributed by atoms with Gasteiger partial charge in [0.05, 0.1) is 6.04 Å². The average molecular weight is 284 g/mol. The lowest BCUT2D eigenvalue weighted by Crippen LogP contribution is -2.29. The van der Waals surface area contributed by atoms with Crippen molar-refractivity contribution < 1.29 is 4.79 Å². The molecule has 0 radical (unpaired) electrons. The van der Waals surface area contributed by atoms with Crippen molar-refractivity contribution in [2.24, 2.45) is 5.84 Å². The zero-order valence-corrected chi connectivity index (χ0v) is 11.7. The number of tetrazole rings is 1. The molecular weight excluding hydrogens is 264 g/mol. The van der Waals surface area contributed by atoms with Gasteiger partial charge in [0.1, 0.15) is 0 Å². The van der Waals surface area contributed by atoms with Crippen molar-refractivity contribution >= 4 is 17.7 Å². The van der Waals surface area contributed by atoms with Gasteiger partial charge in [-0.15, -0.1) is 5.10 Å². The number of carbonyl (C=O) groups is 1. The Balaban J connectivity index is 1.71. The molecule has 3 N–H and O–H groups in total. The summed E-state index contributed by atoms with van der Waals surface area (Å²) >= 11 is 1.66. The minimum absolute atomic E-state index is 0.110. The lowest BCUT2D eigenvalue weighted by atomic mass is 10.2. The van der Waals surface area contributed by atoms with Crippen molar-refractivity contribution in [3.05, 3.63) is 0 Å². The highest BCUT2D eigenvalue weighted by atomic mass is 32.2. The minimum Gasteiger partial charge on any atom is -0.294 e. The van der Waals surface area contributed by atoms with Crippen LogP contribution < -0.4 is 11.3 Å². The van der Waals surface area contributed by atoms with Gasteiger partial charge in [0, 0.05) is 12.2 Å². The summed E-state index contributed by atoms with van der Waals surface area (Å²) < 4.78 is 1.96. The van der Waals surface area contributed by atoms with Gasteiger partial charge in [-0.25, -0.2) is 10.5 Å². The Kier molecular flexibility index (Phi) is 5.59. The first-order valence-electron chi connectivity index (χ1n) is 6.71. The molecule has 1 aliphatic rings. The molecule has 8 heteroatoms. The van der Waals surface area contributed by atoms with Crippen LogP contribution in [0.25, 0.3) is 0 Å². The number of aromatic nitrogens is 4. The number of unbranched alkanes of at least 4 members (excludes halogenated alkanes) is 1. The molecule has 0 atom stereocenters. The second-order valence-electron chi connectivity index (χ2n) is 4.72. The monoisotopic (exact) mass is 284 g/mol. The van der Waals surface area contributed by atoms with E-state index in [1.165, 1.54) is 25.7 Å². The van der Waals surface area contributed by atoms with Crippen LogP contribution in [0.4, 0.5) is 0 Å². The Hall–Kier alpha value is -1.15. The maximum absolute atomic E-state index is 11.0. The first kappa shape index (κ1) is 14.3. The van der Waals surface area contributed by atoms with Crippen LogP contribution in [0.5, 0.6) is 0 Å². The van der Waals surface area contributed by atoms with E-state index in [0.29, 0.717) is 12.5 Å². The summed E-state index contributed by atoms with van der Waals surface area (Å²) in [5, 5.41) is 12.8. The molecule has 19 heavy (non-hydrogen) atoms. The Morgan fingerprint density at radius 2 is 2.21 bits per heavy atom. The van der Waals surface area contributed by atoms with Crippen molar-refractivity contribution in [1.82, 2.24) is 25.6 Å². The molecule has 0 unspecified atom stereocenters. The van der Waals surface area contributed by atoms with Gasteiger partial charge in [0.25, 0.3) is 0 Å². The van der Waals surface area contributed by atoms with E-state index in [4.69, 9.17) is 5.84 Å². The van der Waals surface area contributed by atoms with E-state index in [1.54, 1.807) is 11.8 Å². The van der Waals surface area contributed by atoms with E-state index in [0.717, 1.165) is 23.8 Å². The Morgan fingerprint density at radius 3 is 2.95 bits per heavy atom. The molecule has 1 saturated carbocycles. The fourth-order valence-electron chi connectivity index (χ4n) is 2.28. The van der Waals surface area contributed by atoms with Crippen LogP contribution in [-0.4, -0.2) is 31.9 Å².